The molecule has 0 bridgehead atoms. The second-order valence-corrected chi connectivity index (χ2v) is 4.03. The van der Waals surface area contributed by atoms with Gasteiger partial charge in [0.1, 0.15) is 0 Å². The number of hydrogen-bond acceptors (Lipinski definition) is 1. The van der Waals surface area contributed by atoms with Crippen LogP contribution in [0.25, 0.3) is 0 Å². The fraction of sp³-hybridized carbons (Fsp3) is 0.429. The van der Waals surface area contributed by atoms with Crippen molar-refractivity contribution in [3.05, 3.63) is 35.4 Å². The molecule has 78 valence electrons. The van der Waals surface area contributed by atoms with E-state index in [-0.39, 0.29) is 6.61 Å². The second kappa shape index (κ2) is 5.00. The first-order chi connectivity index (χ1) is 7.40. The second-order valence-electron chi connectivity index (χ2n) is 4.03. The summed E-state index contributed by atoms with van der Waals surface area (Å²) in [6, 6.07) is 8.54. The van der Waals surface area contributed by atoms with E-state index in [2.05, 4.69) is 36.1 Å². The molecule has 1 fully saturated rings. The molecule has 1 saturated carbocycles. The van der Waals surface area contributed by atoms with Crippen LogP contribution in [-0.2, 0) is 0 Å². The molecule has 0 spiro atoms. The van der Waals surface area contributed by atoms with Crippen molar-refractivity contribution in [2.75, 3.05) is 6.61 Å². The van der Waals surface area contributed by atoms with Gasteiger partial charge in [0.05, 0.1) is 6.61 Å². The summed E-state index contributed by atoms with van der Waals surface area (Å²) >= 11 is 0. The van der Waals surface area contributed by atoms with E-state index >= 15 is 0 Å². The number of rotatable bonds is 2. The summed E-state index contributed by atoms with van der Waals surface area (Å²) in [6.07, 6.45) is 4.62. The number of hydrogen-bond donors (Lipinski definition) is 1. The van der Waals surface area contributed by atoms with Crippen molar-refractivity contribution in [1.82, 2.24) is 0 Å². The van der Waals surface area contributed by atoms with E-state index in [1.54, 1.807) is 0 Å². The van der Waals surface area contributed by atoms with Crippen molar-refractivity contribution < 1.29 is 5.11 Å². The topological polar surface area (TPSA) is 20.2 Å². The number of benzene rings is 1. The van der Waals surface area contributed by atoms with Crippen molar-refractivity contribution in [2.45, 2.75) is 31.6 Å². The molecule has 0 aliphatic heterocycles. The Balaban J connectivity index is 2.01. The van der Waals surface area contributed by atoms with Gasteiger partial charge >= 0.3 is 0 Å². The summed E-state index contributed by atoms with van der Waals surface area (Å²) in [5, 5.41) is 8.60. The average Bonchev–Trinajstić information content (AvgIpc) is 2.18. The molecule has 1 aromatic rings. The predicted octanol–water partition coefficient (Wildman–Crippen LogP) is 2.69. The van der Waals surface area contributed by atoms with Crippen molar-refractivity contribution in [3.63, 3.8) is 0 Å². The van der Waals surface area contributed by atoms with E-state index in [4.69, 9.17) is 5.11 Å². The van der Waals surface area contributed by atoms with Gasteiger partial charge in [0, 0.05) is 12.0 Å². The summed E-state index contributed by atoms with van der Waals surface area (Å²) in [4.78, 5) is 0. The molecule has 0 unspecified atom stereocenters. The van der Waals surface area contributed by atoms with Gasteiger partial charge in [-0.2, -0.15) is 0 Å². The highest BCUT2D eigenvalue weighted by atomic mass is 16.2. The maximum absolute atomic E-state index is 8.60. The highest BCUT2D eigenvalue weighted by molar-refractivity contribution is 5.37. The first-order valence-corrected chi connectivity index (χ1v) is 5.60. The molecule has 1 aromatic carbocycles. The molecule has 0 radical (unpaired) electrons. The first-order valence-electron chi connectivity index (χ1n) is 5.60. The van der Waals surface area contributed by atoms with Crippen molar-refractivity contribution in [3.8, 4) is 11.8 Å². The van der Waals surface area contributed by atoms with E-state index in [1.165, 1.54) is 24.8 Å². The van der Waals surface area contributed by atoms with E-state index < -0.39 is 0 Å². The molecule has 0 aromatic heterocycles. The van der Waals surface area contributed by atoms with Crippen LogP contribution in [0.4, 0.5) is 0 Å². The summed E-state index contributed by atoms with van der Waals surface area (Å²) in [6.45, 7) is 0.146. The highest BCUT2D eigenvalue weighted by Crippen LogP contribution is 2.36. The van der Waals surface area contributed by atoms with E-state index in [0.717, 1.165) is 11.5 Å². The lowest BCUT2D eigenvalue weighted by Gasteiger charge is -2.25. The smallest absolute Gasteiger partial charge is 0.0540 e. The molecule has 0 atom stereocenters. The van der Waals surface area contributed by atoms with Crippen LogP contribution >= 0.6 is 0 Å². The number of aliphatic hydroxyl groups excluding tert-OH is 1. The summed E-state index contributed by atoms with van der Waals surface area (Å²) in [7, 11) is 0. The maximum atomic E-state index is 8.60. The Bertz CT molecular complexity index is 363. The van der Waals surface area contributed by atoms with Gasteiger partial charge in [-0.15, -0.1) is 0 Å². The van der Waals surface area contributed by atoms with Gasteiger partial charge in [-0.05, 0) is 36.5 Å². The van der Waals surface area contributed by atoms with Crippen LogP contribution in [-0.4, -0.2) is 11.7 Å². The van der Waals surface area contributed by atoms with Gasteiger partial charge in [-0.25, -0.2) is 0 Å². The molecular formula is C14H16O. The van der Waals surface area contributed by atoms with Crippen molar-refractivity contribution in [1.29, 1.82) is 0 Å². The largest absolute Gasteiger partial charge is 0.395 e. The molecule has 15 heavy (non-hydrogen) atoms. The Hall–Kier alpha value is -1.26. The van der Waals surface area contributed by atoms with Crippen LogP contribution < -0.4 is 0 Å². The molecule has 1 heteroatoms. The molecule has 1 nitrogen and oxygen atoms in total. The zero-order valence-corrected chi connectivity index (χ0v) is 8.87. The third kappa shape index (κ3) is 2.61. The Morgan fingerprint density at radius 1 is 1.20 bits per heavy atom. The minimum atomic E-state index is 0.146. The zero-order valence-electron chi connectivity index (χ0n) is 8.87. The SMILES string of the molecule is OCCC#Cc1ccc(C2CCC2)cc1. The minimum Gasteiger partial charge on any atom is -0.395 e. The lowest BCUT2D eigenvalue weighted by Crippen LogP contribution is -2.08. The van der Waals surface area contributed by atoms with Crippen LogP contribution in [0.15, 0.2) is 24.3 Å². The predicted molar refractivity (Wildman–Crippen MR) is 61.6 cm³/mol. The Morgan fingerprint density at radius 3 is 2.47 bits per heavy atom. The molecule has 1 N–H and O–H groups in total. The lowest BCUT2D eigenvalue weighted by molar-refractivity contribution is 0.305. The quantitative estimate of drug-likeness (QED) is 0.728. The Morgan fingerprint density at radius 2 is 1.93 bits per heavy atom. The third-order valence-corrected chi connectivity index (χ3v) is 2.96. The van der Waals surface area contributed by atoms with Crippen molar-refractivity contribution in [2.24, 2.45) is 0 Å². The first kappa shape index (κ1) is 10.3. The molecule has 2 rings (SSSR count). The molecule has 1 aliphatic carbocycles. The van der Waals surface area contributed by atoms with Gasteiger partial charge in [-0.1, -0.05) is 30.4 Å². The van der Waals surface area contributed by atoms with E-state index in [0.29, 0.717) is 6.42 Å². The van der Waals surface area contributed by atoms with E-state index in [1.807, 2.05) is 0 Å². The summed E-state index contributed by atoms with van der Waals surface area (Å²) in [5.74, 6) is 6.76. The van der Waals surface area contributed by atoms with Gasteiger partial charge in [0.15, 0.2) is 0 Å². The summed E-state index contributed by atoms with van der Waals surface area (Å²) < 4.78 is 0. The normalized spacial score (nSPS) is 15.3. The van der Waals surface area contributed by atoms with Crippen LogP contribution in [0.2, 0.25) is 0 Å². The summed E-state index contributed by atoms with van der Waals surface area (Å²) in [5.41, 5.74) is 2.50. The molecule has 1 aliphatic rings. The third-order valence-electron chi connectivity index (χ3n) is 2.96. The van der Waals surface area contributed by atoms with Crippen LogP contribution in [0.1, 0.15) is 42.7 Å². The molecule has 0 amide bonds. The van der Waals surface area contributed by atoms with Gasteiger partial charge in [0.25, 0.3) is 0 Å². The number of aliphatic hydroxyl groups is 1. The molecular weight excluding hydrogens is 184 g/mol. The maximum Gasteiger partial charge on any atom is 0.0540 e. The zero-order chi connectivity index (χ0) is 10.5. The Kier molecular flexibility index (Phi) is 3.42. The van der Waals surface area contributed by atoms with E-state index in [9.17, 15) is 0 Å². The molecule has 0 heterocycles. The lowest BCUT2D eigenvalue weighted by atomic mass is 9.80. The van der Waals surface area contributed by atoms with Gasteiger partial charge in [-0.3, -0.25) is 0 Å². The minimum absolute atomic E-state index is 0.146. The standard InChI is InChI=1S/C14H16O/c15-11-2-1-4-12-7-9-14(10-8-12)13-5-3-6-13/h7-10,13,15H,2-3,5-6,11H2. The van der Waals surface area contributed by atoms with Crippen LogP contribution in [0, 0.1) is 11.8 Å². The molecule has 0 saturated heterocycles. The van der Waals surface area contributed by atoms with Gasteiger partial charge in [0.2, 0.25) is 0 Å². The Labute approximate surface area is 91.1 Å². The van der Waals surface area contributed by atoms with Gasteiger partial charge < -0.3 is 5.11 Å². The van der Waals surface area contributed by atoms with Crippen LogP contribution in [0.3, 0.4) is 0 Å². The highest BCUT2D eigenvalue weighted by Gasteiger charge is 2.18. The average molecular weight is 200 g/mol. The monoisotopic (exact) mass is 200 g/mol. The van der Waals surface area contributed by atoms with Crippen LogP contribution in [0.5, 0.6) is 0 Å². The van der Waals surface area contributed by atoms with Crippen molar-refractivity contribution >= 4 is 0 Å². The fourth-order valence-electron chi connectivity index (χ4n) is 1.80. The fourth-order valence-corrected chi connectivity index (χ4v) is 1.80.